The number of benzene rings is 1. The van der Waals surface area contributed by atoms with Crippen LogP contribution < -0.4 is 4.90 Å². The van der Waals surface area contributed by atoms with E-state index in [1.165, 1.54) is 22.5 Å². The highest BCUT2D eigenvalue weighted by Gasteiger charge is 2.47. The summed E-state index contributed by atoms with van der Waals surface area (Å²) in [5.74, 6) is -1.13. The van der Waals surface area contributed by atoms with Crippen molar-refractivity contribution >= 4 is 40.0 Å². The van der Waals surface area contributed by atoms with Gasteiger partial charge in [0.25, 0.3) is 5.91 Å². The summed E-state index contributed by atoms with van der Waals surface area (Å²) in [6.07, 6.45) is 1.46. The van der Waals surface area contributed by atoms with Crippen molar-refractivity contribution in [3.05, 3.63) is 82.1 Å². The quantitative estimate of drug-likeness (QED) is 0.512. The fraction of sp³-hybridized carbons (Fsp3) is 0.0500. The molecule has 7 nitrogen and oxygen atoms in total. The number of aromatic nitrogens is 2. The van der Waals surface area contributed by atoms with E-state index in [1.54, 1.807) is 29.6 Å². The lowest BCUT2D eigenvalue weighted by Crippen LogP contribution is -2.31. The van der Waals surface area contributed by atoms with Crippen LogP contribution in [-0.4, -0.2) is 26.8 Å². The summed E-state index contributed by atoms with van der Waals surface area (Å²) in [6, 6.07) is 13.1. The second-order valence-electron chi connectivity index (χ2n) is 6.24. The van der Waals surface area contributed by atoms with Crippen molar-refractivity contribution in [3.8, 4) is 0 Å². The van der Waals surface area contributed by atoms with Crippen LogP contribution in [0.1, 0.15) is 21.5 Å². The molecule has 5 rings (SSSR count). The van der Waals surface area contributed by atoms with E-state index in [-0.39, 0.29) is 11.5 Å². The van der Waals surface area contributed by atoms with Crippen LogP contribution in [0.3, 0.4) is 0 Å². The fourth-order valence-corrected chi connectivity index (χ4v) is 4.04. The number of H-pyrrole nitrogens is 1. The van der Waals surface area contributed by atoms with Gasteiger partial charge in [0, 0.05) is 0 Å². The Morgan fingerprint density at radius 2 is 2.04 bits per heavy atom. The molecule has 1 amide bonds. The number of nitrogens with zero attached hydrogens (tertiary/aromatic N) is 2. The molecule has 0 saturated heterocycles. The molecule has 28 heavy (non-hydrogen) atoms. The van der Waals surface area contributed by atoms with Gasteiger partial charge in [0.2, 0.25) is 11.7 Å². The fourth-order valence-electron chi connectivity index (χ4n) is 3.37. The number of Topliss-reactive ketones (excluding diaryl/α,β-unsaturated/α-hetero) is 1. The zero-order chi connectivity index (χ0) is 19.3. The number of para-hydroxylation sites is 2. The van der Waals surface area contributed by atoms with Crippen molar-refractivity contribution < 1.29 is 19.1 Å². The van der Waals surface area contributed by atoms with Gasteiger partial charge in [-0.15, -0.1) is 11.3 Å². The monoisotopic (exact) mass is 391 g/mol. The smallest absolute Gasteiger partial charge is 0.296 e. The first-order valence-electron chi connectivity index (χ1n) is 8.48. The van der Waals surface area contributed by atoms with Crippen LogP contribution >= 0.6 is 11.3 Å². The van der Waals surface area contributed by atoms with Crippen LogP contribution in [-0.2, 0) is 4.79 Å². The topological polar surface area (TPSA) is 99.4 Å². The van der Waals surface area contributed by atoms with Gasteiger partial charge in [0.1, 0.15) is 11.8 Å². The standard InChI is InChI=1S/C20H13N3O4S/c24-17(14-8-4-10-28-14)15-16(13-7-3-9-27-13)23(19(26)18(15)25)20-21-11-5-1-2-6-12(11)22-20/h1-10,16,25H,(H,21,22). The minimum Gasteiger partial charge on any atom is -0.503 e. The predicted molar refractivity (Wildman–Crippen MR) is 103 cm³/mol. The Hall–Kier alpha value is -3.65. The molecule has 4 heterocycles. The first kappa shape index (κ1) is 16.5. The Balaban J connectivity index is 1.67. The Labute approximate surface area is 162 Å². The predicted octanol–water partition coefficient (Wildman–Crippen LogP) is 4.00. The Bertz CT molecular complexity index is 1190. The highest BCUT2D eigenvalue weighted by atomic mass is 32.1. The van der Waals surface area contributed by atoms with Crippen LogP contribution in [0, 0.1) is 0 Å². The van der Waals surface area contributed by atoms with E-state index in [0.717, 1.165) is 5.52 Å². The number of hydrogen-bond donors (Lipinski definition) is 2. The van der Waals surface area contributed by atoms with Crippen LogP contribution in [0.2, 0.25) is 0 Å². The van der Waals surface area contributed by atoms with Gasteiger partial charge in [-0.2, -0.15) is 0 Å². The summed E-state index contributed by atoms with van der Waals surface area (Å²) >= 11 is 1.24. The minimum absolute atomic E-state index is 0.0251. The lowest BCUT2D eigenvalue weighted by molar-refractivity contribution is -0.117. The number of carbonyl (C=O) groups is 2. The third kappa shape index (κ3) is 2.39. The number of aromatic amines is 1. The van der Waals surface area contributed by atoms with E-state index < -0.39 is 23.5 Å². The Morgan fingerprint density at radius 3 is 2.75 bits per heavy atom. The highest BCUT2D eigenvalue weighted by molar-refractivity contribution is 7.12. The molecule has 3 aromatic heterocycles. The van der Waals surface area contributed by atoms with Gasteiger partial charge in [-0.25, -0.2) is 4.98 Å². The van der Waals surface area contributed by atoms with Gasteiger partial charge in [0.05, 0.1) is 27.7 Å². The number of amides is 1. The molecular weight excluding hydrogens is 378 g/mol. The average molecular weight is 391 g/mol. The van der Waals surface area contributed by atoms with Gasteiger partial charge in [0.15, 0.2) is 5.76 Å². The van der Waals surface area contributed by atoms with E-state index in [2.05, 4.69) is 9.97 Å². The lowest BCUT2D eigenvalue weighted by Gasteiger charge is -2.22. The number of hydrogen-bond acceptors (Lipinski definition) is 6. The van der Waals surface area contributed by atoms with Crippen molar-refractivity contribution in [2.24, 2.45) is 0 Å². The van der Waals surface area contributed by atoms with E-state index in [9.17, 15) is 14.7 Å². The summed E-state index contributed by atoms with van der Waals surface area (Å²) in [5, 5.41) is 12.4. The Morgan fingerprint density at radius 1 is 1.18 bits per heavy atom. The van der Waals surface area contributed by atoms with Crippen LogP contribution in [0.4, 0.5) is 5.95 Å². The summed E-state index contributed by atoms with van der Waals surface area (Å²) in [4.78, 5) is 35.2. The van der Waals surface area contributed by atoms with E-state index in [0.29, 0.717) is 16.2 Å². The molecule has 2 N–H and O–H groups in total. The number of anilines is 1. The zero-order valence-electron chi connectivity index (χ0n) is 14.3. The number of fused-ring (bicyclic) bond motifs is 1. The third-order valence-electron chi connectivity index (χ3n) is 4.62. The largest absolute Gasteiger partial charge is 0.503 e. The van der Waals surface area contributed by atoms with Crippen LogP contribution in [0.5, 0.6) is 0 Å². The van der Waals surface area contributed by atoms with Crippen molar-refractivity contribution in [3.63, 3.8) is 0 Å². The first-order valence-corrected chi connectivity index (χ1v) is 9.36. The second-order valence-corrected chi connectivity index (χ2v) is 7.19. The maximum atomic E-state index is 13.1. The van der Waals surface area contributed by atoms with Crippen molar-refractivity contribution in [2.75, 3.05) is 4.90 Å². The van der Waals surface area contributed by atoms with Crippen molar-refractivity contribution in [1.82, 2.24) is 9.97 Å². The Kier molecular flexibility index (Phi) is 3.66. The zero-order valence-corrected chi connectivity index (χ0v) is 15.1. The first-order chi connectivity index (χ1) is 13.6. The molecule has 0 fully saturated rings. The molecule has 0 spiro atoms. The molecule has 138 valence electrons. The minimum atomic E-state index is -0.919. The molecule has 1 aromatic carbocycles. The molecule has 0 aliphatic carbocycles. The number of nitrogens with one attached hydrogen (secondary N) is 1. The SMILES string of the molecule is O=C(C1=C(O)C(=O)N(c2nc3ccccc3[nH]2)C1c1ccco1)c1cccs1. The molecule has 1 atom stereocenters. The average Bonchev–Trinajstić information content (AvgIpc) is 3.49. The number of thiophene rings is 1. The highest BCUT2D eigenvalue weighted by Crippen LogP contribution is 2.41. The van der Waals surface area contributed by atoms with E-state index >= 15 is 0 Å². The molecular formula is C20H13N3O4S. The number of aliphatic hydroxyl groups is 1. The molecule has 0 saturated carbocycles. The summed E-state index contributed by atoms with van der Waals surface area (Å²) in [5.41, 5.74) is 1.38. The normalized spacial score (nSPS) is 17.1. The number of furan rings is 1. The molecule has 1 unspecified atom stereocenters. The number of ketones is 1. The lowest BCUT2D eigenvalue weighted by atomic mass is 10.0. The maximum absolute atomic E-state index is 13.1. The number of rotatable bonds is 4. The maximum Gasteiger partial charge on any atom is 0.296 e. The number of aliphatic hydroxyl groups excluding tert-OH is 1. The molecule has 1 aliphatic heterocycles. The van der Waals surface area contributed by atoms with Crippen molar-refractivity contribution in [1.29, 1.82) is 0 Å². The van der Waals surface area contributed by atoms with Gasteiger partial charge in [-0.1, -0.05) is 18.2 Å². The summed E-state index contributed by atoms with van der Waals surface area (Å²) in [6.45, 7) is 0. The van der Waals surface area contributed by atoms with E-state index in [1.807, 2.05) is 24.3 Å². The van der Waals surface area contributed by atoms with Gasteiger partial charge in [-0.05, 0) is 35.7 Å². The summed E-state index contributed by atoms with van der Waals surface area (Å²) in [7, 11) is 0. The molecule has 0 bridgehead atoms. The summed E-state index contributed by atoms with van der Waals surface area (Å²) < 4.78 is 5.51. The third-order valence-corrected chi connectivity index (χ3v) is 5.48. The molecule has 1 aliphatic rings. The second kappa shape index (κ2) is 6.21. The van der Waals surface area contributed by atoms with Crippen LogP contribution in [0.25, 0.3) is 11.0 Å². The van der Waals surface area contributed by atoms with Gasteiger partial charge in [-0.3, -0.25) is 14.5 Å². The number of carbonyl (C=O) groups excluding carboxylic acids is 2. The van der Waals surface area contributed by atoms with Gasteiger partial charge < -0.3 is 14.5 Å². The molecule has 0 radical (unpaired) electrons. The number of imidazole rings is 1. The van der Waals surface area contributed by atoms with Crippen molar-refractivity contribution in [2.45, 2.75) is 6.04 Å². The van der Waals surface area contributed by atoms with Crippen LogP contribution in [0.15, 0.2) is 75.9 Å². The van der Waals surface area contributed by atoms with Gasteiger partial charge >= 0.3 is 0 Å². The van der Waals surface area contributed by atoms with E-state index in [4.69, 9.17) is 4.42 Å². The molecule has 4 aromatic rings. The molecule has 8 heteroatoms.